The molecule has 0 aromatic heterocycles. The Morgan fingerprint density at radius 1 is 1.15 bits per heavy atom. The summed E-state index contributed by atoms with van der Waals surface area (Å²) in [5.41, 5.74) is 4.10. The molecule has 0 unspecified atom stereocenters. The third kappa shape index (κ3) is 3.94. The lowest BCUT2D eigenvalue weighted by atomic mass is 9.97. The highest BCUT2D eigenvalue weighted by atomic mass is 32.2. The second-order valence-corrected chi connectivity index (χ2v) is 8.21. The van der Waals surface area contributed by atoms with Gasteiger partial charge in [0.15, 0.2) is 0 Å². The fraction of sp³-hybridized carbons (Fsp3) is 0.263. The molecule has 26 heavy (non-hydrogen) atoms. The van der Waals surface area contributed by atoms with Gasteiger partial charge in [-0.3, -0.25) is 9.52 Å². The number of hydrogen-bond donors (Lipinski definition) is 1. The topological polar surface area (TPSA) is 78.8 Å². The van der Waals surface area contributed by atoms with Gasteiger partial charge in [0.05, 0.1) is 23.7 Å². The Kier molecular flexibility index (Phi) is 4.82. The van der Waals surface area contributed by atoms with Gasteiger partial charge in [-0.15, -0.1) is 0 Å². The van der Waals surface area contributed by atoms with Crippen LogP contribution in [0.1, 0.15) is 36.1 Å². The maximum Gasteiger partial charge on any atom is 0.240 e. The molecule has 2 aromatic rings. The van der Waals surface area contributed by atoms with E-state index in [0.29, 0.717) is 12.1 Å². The van der Waals surface area contributed by atoms with E-state index in [9.17, 15) is 13.2 Å². The van der Waals surface area contributed by atoms with Crippen molar-refractivity contribution in [3.05, 3.63) is 65.2 Å². The quantitative estimate of drug-likeness (QED) is 0.897. The largest absolute Gasteiger partial charge is 0.283 e. The maximum absolute atomic E-state index is 12.1. The first-order valence-electron chi connectivity index (χ1n) is 8.25. The van der Waals surface area contributed by atoms with Crippen LogP contribution in [-0.4, -0.2) is 31.3 Å². The van der Waals surface area contributed by atoms with Crippen molar-refractivity contribution in [1.29, 1.82) is 0 Å². The molecule has 6 nitrogen and oxygen atoms in total. The van der Waals surface area contributed by atoms with Crippen molar-refractivity contribution in [2.75, 3.05) is 11.0 Å². The van der Waals surface area contributed by atoms with Crippen LogP contribution in [0.25, 0.3) is 0 Å². The van der Waals surface area contributed by atoms with Crippen LogP contribution >= 0.6 is 0 Å². The number of hydrazone groups is 1. The van der Waals surface area contributed by atoms with Crippen molar-refractivity contribution >= 4 is 27.3 Å². The van der Waals surface area contributed by atoms with Gasteiger partial charge >= 0.3 is 0 Å². The number of sulfonamides is 1. The van der Waals surface area contributed by atoms with Gasteiger partial charge in [0.2, 0.25) is 15.9 Å². The van der Waals surface area contributed by atoms with Gasteiger partial charge in [0.1, 0.15) is 0 Å². The van der Waals surface area contributed by atoms with Gasteiger partial charge in [-0.2, -0.15) is 5.10 Å². The van der Waals surface area contributed by atoms with E-state index < -0.39 is 10.0 Å². The average molecular weight is 371 g/mol. The molecule has 2 aromatic carbocycles. The summed E-state index contributed by atoms with van der Waals surface area (Å²) in [6, 6.07) is 14.7. The zero-order valence-corrected chi connectivity index (χ0v) is 15.7. The first-order chi connectivity index (χ1) is 12.2. The summed E-state index contributed by atoms with van der Waals surface area (Å²) in [6.45, 7) is 3.47. The van der Waals surface area contributed by atoms with E-state index in [1.807, 2.05) is 43.3 Å². The van der Waals surface area contributed by atoms with Crippen LogP contribution in [-0.2, 0) is 14.8 Å². The molecule has 0 bridgehead atoms. The molecule has 0 radical (unpaired) electrons. The third-order valence-electron chi connectivity index (χ3n) is 4.23. The number of nitrogens with one attached hydrogen (secondary N) is 1. The molecule has 0 saturated carbocycles. The fourth-order valence-corrected chi connectivity index (χ4v) is 3.63. The molecule has 1 aliphatic heterocycles. The number of rotatable bonds is 4. The van der Waals surface area contributed by atoms with Crippen LogP contribution in [0.2, 0.25) is 0 Å². The van der Waals surface area contributed by atoms with Crippen molar-refractivity contribution in [3.8, 4) is 0 Å². The summed E-state index contributed by atoms with van der Waals surface area (Å²) >= 11 is 0. The Bertz CT molecular complexity index is 966. The normalized spacial score (nSPS) is 17.1. The van der Waals surface area contributed by atoms with Crippen molar-refractivity contribution in [2.24, 2.45) is 5.10 Å². The minimum Gasteiger partial charge on any atom is -0.283 e. The highest BCUT2D eigenvalue weighted by molar-refractivity contribution is 7.92. The number of aryl methyl sites for hydroxylation is 1. The third-order valence-corrected chi connectivity index (χ3v) is 4.82. The molecule has 1 atom stereocenters. The Morgan fingerprint density at radius 3 is 2.42 bits per heavy atom. The molecular weight excluding hydrogens is 350 g/mol. The van der Waals surface area contributed by atoms with Crippen LogP contribution in [0.3, 0.4) is 0 Å². The lowest BCUT2D eigenvalue weighted by Gasteiger charge is -2.23. The van der Waals surface area contributed by atoms with E-state index in [1.54, 1.807) is 12.1 Å². The summed E-state index contributed by atoms with van der Waals surface area (Å²) in [7, 11) is -3.43. The van der Waals surface area contributed by atoms with Gasteiger partial charge in [-0.1, -0.05) is 48.0 Å². The Morgan fingerprint density at radius 2 is 1.81 bits per heavy atom. The highest BCUT2D eigenvalue weighted by Crippen LogP contribution is 2.36. The lowest BCUT2D eigenvalue weighted by Crippen LogP contribution is -2.25. The number of nitrogens with zero attached hydrogens (tertiary/aromatic N) is 2. The number of para-hydroxylation sites is 1. The van der Waals surface area contributed by atoms with Crippen LogP contribution < -0.4 is 4.72 Å². The smallest absolute Gasteiger partial charge is 0.240 e. The average Bonchev–Trinajstić information content (AvgIpc) is 3.00. The minimum atomic E-state index is -3.43. The second kappa shape index (κ2) is 6.92. The second-order valence-electron chi connectivity index (χ2n) is 6.46. The molecule has 1 aliphatic rings. The molecule has 0 aliphatic carbocycles. The van der Waals surface area contributed by atoms with Gasteiger partial charge in [-0.05, 0) is 18.6 Å². The van der Waals surface area contributed by atoms with Crippen LogP contribution in [0.4, 0.5) is 5.69 Å². The Balaban J connectivity index is 1.99. The number of carbonyl (C=O) groups excluding carboxylic acids is 1. The van der Waals surface area contributed by atoms with Crippen molar-refractivity contribution in [1.82, 2.24) is 5.01 Å². The standard InChI is InChI=1S/C19H21N3O3S/c1-13-8-10-15(11-9-13)18-12-19(22(20-18)14(2)23)16-6-4-5-7-17(16)21-26(3,24)25/h4-11,19,21H,12H2,1-3H3/t19-/m1/s1. The van der Waals surface area contributed by atoms with Gasteiger partial charge < -0.3 is 0 Å². The molecule has 1 N–H and O–H groups in total. The zero-order valence-electron chi connectivity index (χ0n) is 14.9. The van der Waals surface area contributed by atoms with Crippen LogP contribution in [0.5, 0.6) is 0 Å². The fourth-order valence-electron chi connectivity index (χ4n) is 3.04. The van der Waals surface area contributed by atoms with E-state index in [4.69, 9.17) is 0 Å². The summed E-state index contributed by atoms with van der Waals surface area (Å²) in [5, 5.41) is 5.93. The predicted molar refractivity (Wildman–Crippen MR) is 103 cm³/mol. The number of carbonyl (C=O) groups is 1. The molecule has 3 rings (SSSR count). The Labute approximate surface area is 153 Å². The van der Waals surface area contributed by atoms with Gasteiger partial charge in [0.25, 0.3) is 0 Å². The van der Waals surface area contributed by atoms with E-state index >= 15 is 0 Å². The molecule has 7 heteroatoms. The number of benzene rings is 2. The van der Waals surface area contributed by atoms with Crippen LogP contribution in [0.15, 0.2) is 53.6 Å². The van der Waals surface area contributed by atoms with Gasteiger partial charge in [0, 0.05) is 18.9 Å². The van der Waals surface area contributed by atoms with Crippen molar-refractivity contribution in [3.63, 3.8) is 0 Å². The summed E-state index contributed by atoms with van der Waals surface area (Å²) in [5.74, 6) is -0.189. The molecule has 0 spiro atoms. The summed E-state index contributed by atoms with van der Waals surface area (Å²) in [6.07, 6.45) is 1.63. The SMILES string of the molecule is CC(=O)N1N=C(c2ccc(C)cc2)C[C@@H]1c1ccccc1NS(C)(=O)=O. The first kappa shape index (κ1) is 18.1. The van der Waals surface area contributed by atoms with E-state index in [-0.39, 0.29) is 11.9 Å². The molecule has 136 valence electrons. The number of anilines is 1. The Hall–Kier alpha value is -2.67. The monoisotopic (exact) mass is 371 g/mol. The number of amides is 1. The van der Waals surface area contributed by atoms with E-state index in [2.05, 4.69) is 9.82 Å². The van der Waals surface area contributed by atoms with Crippen molar-refractivity contribution < 1.29 is 13.2 Å². The van der Waals surface area contributed by atoms with Gasteiger partial charge in [-0.25, -0.2) is 13.4 Å². The predicted octanol–water partition coefficient (Wildman–Crippen LogP) is 3.06. The number of hydrogen-bond acceptors (Lipinski definition) is 4. The maximum atomic E-state index is 12.1. The first-order valence-corrected chi connectivity index (χ1v) is 10.1. The zero-order chi connectivity index (χ0) is 18.9. The van der Waals surface area contributed by atoms with E-state index in [0.717, 1.165) is 28.7 Å². The minimum absolute atomic E-state index is 0.189. The lowest BCUT2D eigenvalue weighted by molar-refractivity contribution is -0.130. The highest BCUT2D eigenvalue weighted by Gasteiger charge is 2.33. The van der Waals surface area contributed by atoms with Crippen LogP contribution in [0, 0.1) is 6.92 Å². The van der Waals surface area contributed by atoms with Crippen molar-refractivity contribution in [2.45, 2.75) is 26.3 Å². The van der Waals surface area contributed by atoms with E-state index in [1.165, 1.54) is 11.9 Å². The molecule has 0 saturated heterocycles. The molecular formula is C19H21N3O3S. The summed E-state index contributed by atoms with van der Waals surface area (Å²) < 4.78 is 25.9. The molecule has 1 amide bonds. The molecule has 1 heterocycles. The molecule has 0 fully saturated rings. The summed E-state index contributed by atoms with van der Waals surface area (Å²) in [4.78, 5) is 12.1.